The van der Waals surface area contributed by atoms with Gasteiger partial charge in [-0.05, 0) is 47.0 Å². The molecule has 2 heterocycles. The number of aliphatic hydroxyl groups is 1. The second-order valence-corrected chi connectivity index (χ2v) is 11.4. The van der Waals surface area contributed by atoms with Gasteiger partial charge >= 0.3 is 5.69 Å². The van der Waals surface area contributed by atoms with Crippen LogP contribution in [0.15, 0.2) is 95.9 Å². The number of benzene rings is 3. The Balaban J connectivity index is 1.48. The van der Waals surface area contributed by atoms with Crippen molar-refractivity contribution in [3.63, 3.8) is 0 Å². The summed E-state index contributed by atoms with van der Waals surface area (Å²) in [7, 11) is 3.18. The summed E-state index contributed by atoms with van der Waals surface area (Å²) in [6.07, 6.45) is -2.99. The van der Waals surface area contributed by atoms with E-state index in [1.807, 2.05) is 84.9 Å². The lowest BCUT2D eigenvalue weighted by Crippen LogP contribution is -2.41. The van der Waals surface area contributed by atoms with Crippen LogP contribution in [-0.4, -0.2) is 79.9 Å². The van der Waals surface area contributed by atoms with Crippen LogP contribution in [0.25, 0.3) is 0 Å². The predicted octanol–water partition coefficient (Wildman–Crippen LogP) is 3.73. The van der Waals surface area contributed by atoms with Gasteiger partial charge in [0.25, 0.3) is 0 Å². The molecule has 1 aromatic heterocycles. The van der Waals surface area contributed by atoms with E-state index in [1.54, 1.807) is 14.2 Å². The van der Waals surface area contributed by atoms with Gasteiger partial charge in [0, 0.05) is 13.1 Å². The zero-order chi connectivity index (χ0) is 36.2. The van der Waals surface area contributed by atoms with E-state index in [2.05, 4.69) is 10.3 Å². The van der Waals surface area contributed by atoms with Gasteiger partial charge in [0.2, 0.25) is 5.91 Å². The van der Waals surface area contributed by atoms with Gasteiger partial charge in [0.15, 0.2) is 6.23 Å². The lowest BCUT2D eigenvalue weighted by Gasteiger charge is -2.37. The quantitative estimate of drug-likeness (QED) is 0.0930. The monoisotopic (exact) mass is 700 g/mol. The molecule has 4 aromatic rings. The number of anilines is 1. The van der Waals surface area contributed by atoms with Crippen LogP contribution >= 0.6 is 0 Å². The maximum atomic E-state index is 13.2. The number of rotatable bonds is 17. The van der Waals surface area contributed by atoms with E-state index in [9.17, 15) is 14.7 Å². The molecule has 51 heavy (non-hydrogen) atoms. The number of ether oxygens (including phenoxy) is 7. The summed E-state index contributed by atoms with van der Waals surface area (Å²) in [5, 5.41) is 22.9. The Bertz CT molecular complexity index is 1770. The van der Waals surface area contributed by atoms with Crippen molar-refractivity contribution in [1.29, 1.82) is 5.26 Å². The van der Waals surface area contributed by atoms with Gasteiger partial charge in [-0.2, -0.15) is 10.2 Å². The lowest BCUT2D eigenvalue weighted by molar-refractivity contribution is -0.175. The normalized spacial score (nSPS) is 18.6. The molecule has 14 heteroatoms. The molecule has 4 atom stereocenters. The summed E-state index contributed by atoms with van der Waals surface area (Å²) in [5.41, 5.74) is 0.394. The molecule has 0 bridgehead atoms. The van der Waals surface area contributed by atoms with E-state index in [0.29, 0.717) is 11.5 Å². The summed E-state index contributed by atoms with van der Waals surface area (Å²) in [5.74, 6) is 0.989. The lowest BCUT2D eigenvalue weighted by atomic mass is 9.80. The number of nitrogens with one attached hydrogen (secondary N) is 1. The van der Waals surface area contributed by atoms with Crippen LogP contribution in [-0.2, 0) is 34.1 Å². The smallest absolute Gasteiger partial charge is 0.351 e. The highest BCUT2D eigenvalue weighted by molar-refractivity contribution is 5.87. The maximum absolute atomic E-state index is 13.2. The summed E-state index contributed by atoms with van der Waals surface area (Å²) < 4.78 is 41.9. The molecule has 1 aliphatic heterocycles. The molecule has 0 radical (unpaired) electrons. The van der Waals surface area contributed by atoms with Crippen molar-refractivity contribution in [1.82, 2.24) is 9.55 Å². The topological polar surface area (TPSA) is 173 Å². The van der Waals surface area contributed by atoms with Crippen molar-refractivity contribution in [2.24, 2.45) is 0 Å². The predicted molar refractivity (Wildman–Crippen MR) is 183 cm³/mol. The second-order valence-electron chi connectivity index (χ2n) is 11.4. The van der Waals surface area contributed by atoms with Crippen molar-refractivity contribution in [3.05, 3.63) is 118 Å². The zero-order valence-corrected chi connectivity index (χ0v) is 28.5. The largest absolute Gasteiger partial charge is 0.497 e. The standard InChI is InChI=1S/C37H40N4O10/c1-25(42)39-32-18-20-41(36(44)40-32)35-34(49-24-48-23-47-21-7-19-38)33(43)31(51-35)22-50-37(26-8-5-4-6-9-26,27-10-14-29(45-2)15-11-27)28-12-16-30(46-3)17-13-28/h4-6,8-18,20,31,33-35,43H,7,21-24H2,1-3H3,(H,39,40,42,44)/t31?,33?,34-,35?/m0/s1. The van der Waals surface area contributed by atoms with Gasteiger partial charge in [-0.15, -0.1) is 0 Å². The minimum absolute atomic E-state index is 0.0594. The first kappa shape index (κ1) is 37.1. The van der Waals surface area contributed by atoms with Crippen molar-refractivity contribution in [3.8, 4) is 17.6 Å². The number of aromatic nitrogens is 2. The number of methoxy groups -OCH3 is 2. The van der Waals surface area contributed by atoms with Crippen LogP contribution in [0.2, 0.25) is 0 Å². The van der Waals surface area contributed by atoms with E-state index < -0.39 is 41.7 Å². The molecule has 3 unspecified atom stereocenters. The first-order valence-corrected chi connectivity index (χ1v) is 16.1. The third-order valence-corrected chi connectivity index (χ3v) is 8.23. The second kappa shape index (κ2) is 17.7. The van der Waals surface area contributed by atoms with E-state index in [-0.39, 0.29) is 39.0 Å². The Kier molecular flexibility index (Phi) is 12.9. The first-order valence-electron chi connectivity index (χ1n) is 16.1. The molecule has 268 valence electrons. The number of hydrogen-bond donors (Lipinski definition) is 2. The fourth-order valence-corrected chi connectivity index (χ4v) is 5.79. The number of carbonyl (C=O) groups is 1. The summed E-state index contributed by atoms with van der Waals surface area (Å²) >= 11 is 0. The molecule has 14 nitrogen and oxygen atoms in total. The van der Waals surface area contributed by atoms with E-state index >= 15 is 0 Å². The molecule has 0 spiro atoms. The Labute approximate surface area is 295 Å². The van der Waals surface area contributed by atoms with Gasteiger partial charge in [-0.1, -0.05) is 54.6 Å². The number of nitriles is 1. The minimum atomic E-state index is -1.31. The Morgan fingerprint density at radius 3 is 2.14 bits per heavy atom. The van der Waals surface area contributed by atoms with Gasteiger partial charge < -0.3 is 43.6 Å². The molecule has 2 N–H and O–H groups in total. The minimum Gasteiger partial charge on any atom is -0.497 e. The Morgan fingerprint density at radius 2 is 1.57 bits per heavy atom. The molecular formula is C37H40N4O10. The Morgan fingerprint density at radius 1 is 0.941 bits per heavy atom. The van der Waals surface area contributed by atoms with Gasteiger partial charge in [0.05, 0.1) is 39.9 Å². The van der Waals surface area contributed by atoms with Gasteiger partial charge in [0.1, 0.15) is 54.8 Å². The zero-order valence-electron chi connectivity index (χ0n) is 28.5. The fraction of sp³-hybridized carbons (Fsp3) is 0.351. The highest BCUT2D eigenvalue weighted by Crippen LogP contribution is 2.43. The molecule has 3 aromatic carbocycles. The molecule has 1 aliphatic rings. The number of aliphatic hydroxyl groups excluding tert-OH is 1. The first-order chi connectivity index (χ1) is 24.8. The van der Waals surface area contributed by atoms with Crippen LogP contribution in [0.5, 0.6) is 11.5 Å². The maximum Gasteiger partial charge on any atom is 0.351 e. The van der Waals surface area contributed by atoms with E-state index in [4.69, 9.17) is 38.4 Å². The third-order valence-electron chi connectivity index (χ3n) is 8.23. The van der Waals surface area contributed by atoms with Crippen LogP contribution < -0.4 is 20.5 Å². The van der Waals surface area contributed by atoms with Crippen molar-refractivity contribution in [2.75, 3.05) is 46.3 Å². The molecule has 0 aliphatic carbocycles. The van der Waals surface area contributed by atoms with E-state index in [0.717, 1.165) is 16.7 Å². The SMILES string of the molecule is COc1ccc(C(OCC2OC(n3ccc(NC(C)=O)nc3=O)[C@@H](OCOCOCCC#N)C2O)(c2ccccc2)c2ccc(OC)cc2)cc1. The van der Waals surface area contributed by atoms with Gasteiger partial charge in [-0.3, -0.25) is 9.36 Å². The van der Waals surface area contributed by atoms with E-state index in [1.165, 1.54) is 23.8 Å². The van der Waals surface area contributed by atoms with Gasteiger partial charge in [-0.25, -0.2) is 4.79 Å². The average Bonchev–Trinajstić information content (AvgIpc) is 3.46. The number of amides is 1. The van der Waals surface area contributed by atoms with Crippen molar-refractivity contribution in [2.45, 2.75) is 43.5 Å². The molecule has 1 saturated heterocycles. The van der Waals surface area contributed by atoms with Crippen LogP contribution in [0.4, 0.5) is 5.82 Å². The number of nitrogens with zero attached hydrogens (tertiary/aromatic N) is 3. The average molecular weight is 701 g/mol. The van der Waals surface area contributed by atoms with Crippen LogP contribution in [0.1, 0.15) is 36.3 Å². The van der Waals surface area contributed by atoms with Crippen molar-refractivity contribution >= 4 is 11.7 Å². The van der Waals surface area contributed by atoms with Crippen LogP contribution in [0, 0.1) is 11.3 Å². The summed E-state index contributed by atoms with van der Waals surface area (Å²) in [6.45, 7) is 0.851. The highest BCUT2D eigenvalue weighted by atomic mass is 16.7. The van der Waals surface area contributed by atoms with Crippen molar-refractivity contribution < 1.29 is 43.1 Å². The highest BCUT2D eigenvalue weighted by Gasteiger charge is 2.48. The summed E-state index contributed by atoms with van der Waals surface area (Å²) in [4.78, 5) is 28.7. The van der Waals surface area contributed by atoms with Crippen LogP contribution in [0.3, 0.4) is 0 Å². The molecule has 1 fully saturated rings. The number of hydrogen-bond acceptors (Lipinski definition) is 12. The molecular weight excluding hydrogens is 660 g/mol. The Hall–Kier alpha value is -5.14. The molecule has 5 rings (SSSR count). The molecule has 0 saturated carbocycles. The number of carbonyl (C=O) groups excluding carboxylic acids is 1. The summed E-state index contributed by atoms with van der Waals surface area (Å²) in [6, 6.07) is 28.1. The fourth-order valence-electron chi connectivity index (χ4n) is 5.79. The molecule has 1 amide bonds. The third kappa shape index (κ3) is 8.78.